The summed E-state index contributed by atoms with van der Waals surface area (Å²) >= 11 is 3.52. The van der Waals surface area contributed by atoms with Gasteiger partial charge in [-0.05, 0) is 39.7 Å². The van der Waals surface area contributed by atoms with E-state index in [0.717, 1.165) is 21.3 Å². The van der Waals surface area contributed by atoms with Crippen LogP contribution in [0.5, 0.6) is 11.5 Å². The lowest BCUT2D eigenvalue weighted by molar-refractivity contribution is 0.0926. The van der Waals surface area contributed by atoms with E-state index in [2.05, 4.69) is 31.3 Å². The van der Waals surface area contributed by atoms with Crippen LogP contribution < -0.4 is 19.7 Å². The van der Waals surface area contributed by atoms with E-state index in [9.17, 15) is 10.0 Å². The molecular weight excluding hydrogens is 414 g/mol. The third-order valence-corrected chi connectivity index (χ3v) is 5.53. The number of carbonyl (C=O) groups is 1. The van der Waals surface area contributed by atoms with Crippen LogP contribution in [0.2, 0.25) is 0 Å². The molecule has 0 fully saturated rings. The van der Waals surface area contributed by atoms with Gasteiger partial charge >= 0.3 is 0 Å². The summed E-state index contributed by atoms with van der Waals surface area (Å²) in [5, 5.41) is 15.8. The summed E-state index contributed by atoms with van der Waals surface area (Å²) in [5.41, 5.74) is 3.59. The average molecular weight is 432 g/mol. The van der Waals surface area contributed by atoms with Gasteiger partial charge in [-0.3, -0.25) is 4.79 Å². The first-order chi connectivity index (χ1) is 13.1. The van der Waals surface area contributed by atoms with Crippen molar-refractivity contribution in [3.63, 3.8) is 0 Å². The van der Waals surface area contributed by atoms with Crippen molar-refractivity contribution in [2.24, 2.45) is 5.16 Å². The lowest BCUT2D eigenvalue weighted by atomic mass is 9.92. The van der Waals surface area contributed by atoms with E-state index in [1.807, 2.05) is 18.2 Å². The van der Waals surface area contributed by atoms with Crippen LogP contribution in [0, 0.1) is 0 Å². The van der Waals surface area contributed by atoms with Crippen LogP contribution in [-0.4, -0.2) is 37.6 Å². The van der Waals surface area contributed by atoms with Crippen LogP contribution in [0.1, 0.15) is 34.1 Å². The fourth-order valence-electron chi connectivity index (χ4n) is 3.74. The fraction of sp³-hybridized carbons (Fsp3) is 0.263. The average Bonchev–Trinajstić information content (AvgIpc) is 2.69. The topological polar surface area (TPSA) is 83.4 Å². The highest BCUT2D eigenvalue weighted by atomic mass is 79.9. The van der Waals surface area contributed by atoms with Gasteiger partial charge in [0.05, 0.1) is 35.7 Å². The molecule has 2 aromatic carbocycles. The Balaban J connectivity index is 1.86. The normalized spacial score (nSPS) is 19.5. The monoisotopic (exact) mass is 431 g/mol. The molecule has 4 rings (SSSR count). The first-order valence-electron chi connectivity index (χ1n) is 8.42. The number of nitrogens with zero attached hydrogens (tertiary/aromatic N) is 2. The SMILES string of the molecule is COc1cc(C2NC(=O)c3cccc4c3N2CC/C4=N\O)cc(Br)c1OC. The number of hydrogen-bond donors (Lipinski definition) is 2. The minimum atomic E-state index is -0.373. The smallest absolute Gasteiger partial charge is 0.255 e. The summed E-state index contributed by atoms with van der Waals surface area (Å²) in [6.45, 7) is 0.611. The molecule has 2 aromatic rings. The molecule has 2 heterocycles. The molecule has 0 bridgehead atoms. The molecule has 140 valence electrons. The molecular formula is C19H18BrN3O4. The summed E-state index contributed by atoms with van der Waals surface area (Å²) in [6.07, 6.45) is 0.204. The van der Waals surface area contributed by atoms with Gasteiger partial charge in [-0.1, -0.05) is 17.3 Å². The Morgan fingerprint density at radius 2 is 2.04 bits per heavy atom. The number of para-hydroxylation sites is 1. The third kappa shape index (κ3) is 2.71. The molecule has 2 aliphatic heterocycles. The van der Waals surface area contributed by atoms with E-state index in [0.29, 0.717) is 35.7 Å². The Hall–Kier alpha value is -2.74. The molecule has 1 atom stereocenters. The Bertz CT molecular complexity index is 960. The molecule has 2 aliphatic rings. The quantitative estimate of drug-likeness (QED) is 0.575. The zero-order chi connectivity index (χ0) is 19.1. The minimum absolute atomic E-state index is 0.168. The number of oxime groups is 1. The first kappa shape index (κ1) is 17.7. The van der Waals surface area contributed by atoms with Crippen LogP contribution >= 0.6 is 15.9 Å². The molecule has 7 nitrogen and oxygen atoms in total. The summed E-state index contributed by atoms with van der Waals surface area (Å²) < 4.78 is 11.6. The van der Waals surface area contributed by atoms with Crippen molar-refractivity contribution < 1.29 is 19.5 Å². The second kappa shape index (κ2) is 6.77. The fourth-order valence-corrected chi connectivity index (χ4v) is 4.36. The Kier molecular flexibility index (Phi) is 4.43. The molecule has 0 radical (unpaired) electrons. The molecule has 0 saturated heterocycles. The van der Waals surface area contributed by atoms with Crippen molar-refractivity contribution in [3.05, 3.63) is 51.5 Å². The molecule has 27 heavy (non-hydrogen) atoms. The Morgan fingerprint density at radius 3 is 2.74 bits per heavy atom. The predicted octanol–water partition coefficient (Wildman–Crippen LogP) is 3.30. The number of nitrogens with one attached hydrogen (secondary N) is 1. The van der Waals surface area contributed by atoms with Gasteiger partial charge in [0.25, 0.3) is 5.91 Å². The number of anilines is 1. The highest BCUT2D eigenvalue weighted by Crippen LogP contribution is 2.43. The molecule has 0 aliphatic carbocycles. The largest absolute Gasteiger partial charge is 0.493 e. The highest BCUT2D eigenvalue weighted by Gasteiger charge is 2.37. The van der Waals surface area contributed by atoms with Crippen molar-refractivity contribution in [2.45, 2.75) is 12.6 Å². The number of carbonyl (C=O) groups excluding carboxylic acids is 1. The van der Waals surface area contributed by atoms with Gasteiger partial charge in [0.15, 0.2) is 11.5 Å². The number of hydrogen-bond acceptors (Lipinski definition) is 6. The van der Waals surface area contributed by atoms with Crippen molar-refractivity contribution in [2.75, 3.05) is 25.7 Å². The molecule has 0 aromatic heterocycles. The van der Waals surface area contributed by atoms with E-state index >= 15 is 0 Å². The van der Waals surface area contributed by atoms with Crippen molar-refractivity contribution in [1.82, 2.24) is 5.32 Å². The summed E-state index contributed by atoms with van der Waals surface area (Å²) in [6, 6.07) is 9.23. The number of rotatable bonds is 3. The van der Waals surface area contributed by atoms with Gasteiger partial charge in [0, 0.05) is 18.5 Å². The Labute approximate surface area is 164 Å². The summed E-state index contributed by atoms with van der Waals surface area (Å²) in [7, 11) is 3.15. The molecule has 8 heteroatoms. The van der Waals surface area contributed by atoms with Gasteiger partial charge in [0.1, 0.15) is 6.17 Å². The van der Waals surface area contributed by atoms with E-state index in [1.165, 1.54) is 0 Å². The second-order valence-electron chi connectivity index (χ2n) is 6.31. The maximum absolute atomic E-state index is 12.8. The Morgan fingerprint density at radius 1 is 1.26 bits per heavy atom. The van der Waals surface area contributed by atoms with E-state index in [4.69, 9.17) is 9.47 Å². The molecule has 0 saturated carbocycles. The van der Waals surface area contributed by atoms with Gasteiger partial charge in [-0.25, -0.2) is 0 Å². The molecule has 0 spiro atoms. The number of benzene rings is 2. The van der Waals surface area contributed by atoms with Gasteiger partial charge in [-0.15, -0.1) is 0 Å². The van der Waals surface area contributed by atoms with E-state index in [1.54, 1.807) is 26.4 Å². The highest BCUT2D eigenvalue weighted by molar-refractivity contribution is 9.10. The van der Waals surface area contributed by atoms with Crippen LogP contribution in [0.15, 0.2) is 40.0 Å². The maximum atomic E-state index is 12.8. The standard InChI is InChI=1S/C19H18BrN3O4/c1-26-15-9-10(8-13(20)17(15)27-2)18-21-19(24)12-5-3-4-11-14(22-25)6-7-23(18)16(11)12/h3-5,8-9,18,25H,6-7H2,1-2H3,(H,21,24)/b22-14+. The molecule has 1 unspecified atom stereocenters. The van der Waals surface area contributed by atoms with Crippen molar-refractivity contribution >= 4 is 33.2 Å². The van der Waals surface area contributed by atoms with E-state index in [-0.39, 0.29) is 12.1 Å². The molecule has 1 amide bonds. The molecule has 2 N–H and O–H groups in total. The number of amides is 1. The first-order valence-corrected chi connectivity index (χ1v) is 9.21. The van der Waals surface area contributed by atoms with Crippen molar-refractivity contribution in [3.8, 4) is 11.5 Å². The predicted molar refractivity (Wildman–Crippen MR) is 104 cm³/mol. The van der Waals surface area contributed by atoms with Crippen molar-refractivity contribution in [1.29, 1.82) is 0 Å². The number of halogens is 1. The van der Waals surface area contributed by atoms with Gasteiger partial charge in [-0.2, -0.15) is 0 Å². The summed E-state index contributed by atoms with van der Waals surface area (Å²) in [5.74, 6) is 1.00. The van der Waals surface area contributed by atoms with Gasteiger partial charge < -0.3 is 24.9 Å². The van der Waals surface area contributed by atoms with Crippen LogP contribution in [0.25, 0.3) is 0 Å². The van der Waals surface area contributed by atoms with Gasteiger partial charge in [0.2, 0.25) is 0 Å². The second-order valence-corrected chi connectivity index (χ2v) is 7.16. The lowest BCUT2D eigenvalue weighted by Crippen LogP contribution is -2.49. The third-order valence-electron chi connectivity index (χ3n) is 4.94. The zero-order valence-corrected chi connectivity index (χ0v) is 16.4. The van der Waals surface area contributed by atoms with E-state index < -0.39 is 0 Å². The maximum Gasteiger partial charge on any atom is 0.255 e. The zero-order valence-electron chi connectivity index (χ0n) is 14.8. The van der Waals surface area contributed by atoms with Crippen LogP contribution in [0.4, 0.5) is 5.69 Å². The number of methoxy groups -OCH3 is 2. The lowest BCUT2D eigenvalue weighted by Gasteiger charge is -2.43. The summed E-state index contributed by atoms with van der Waals surface area (Å²) in [4.78, 5) is 14.9. The van der Waals surface area contributed by atoms with Crippen LogP contribution in [-0.2, 0) is 0 Å². The van der Waals surface area contributed by atoms with Crippen LogP contribution in [0.3, 0.4) is 0 Å². The minimum Gasteiger partial charge on any atom is -0.493 e. The number of ether oxygens (including phenoxy) is 2.